The van der Waals surface area contributed by atoms with Gasteiger partial charge in [0.05, 0.1) is 20.3 Å². The maximum absolute atomic E-state index is 12.9. The van der Waals surface area contributed by atoms with E-state index in [1.54, 1.807) is 0 Å². The van der Waals surface area contributed by atoms with Gasteiger partial charge in [0.15, 0.2) is 40.8 Å². The Morgan fingerprint density at radius 3 is 2.02 bits per heavy atom. The minimum atomic E-state index is -1.92. The average molecular weight is 641 g/mol. The lowest BCUT2D eigenvalue weighted by Gasteiger charge is -2.45. The van der Waals surface area contributed by atoms with Crippen LogP contribution in [0.4, 0.5) is 0 Å². The molecule has 0 aliphatic carbocycles. The number of aliphatic hydroxyl groups is 7. The second-order valence-corrected chi connectivity index (χ2v) is 10.4. The molecule has 0 amide bonds. The fraction of sp³-hybridized carbons (Fsp3) is 0.464. The van der Waals surface area contributed by atoms with Gasteiger partial charge in [-0.05, 0) is 18.2 Å². The topological polar surface area (TPSA) is 279 Å². The number of phenols is 3. The molecule has 45 heavy (non-hydrogen) atoms. The summed E-state index contributed by atoms with van der Waals surface area (Å²) in [5.74, 6) is -2.68. The Labute approximate surface area is 252 Å². The van der Waals surface area contributed by atoms with Crippen molar-refractivity contribution in [2.75, 3.05) is 20.3 Å². The third-order valence-corrected chi connectivity index (χ3v) is 7.60. The number of benzene rings is 2. The number of methoxy groups -OCH3 is 1. The molecule has 0 saturated carbocycles. The van der Waals surface area contributed by atoms with Crippen LogP contribution in [0.2, 0.25) is 0 Å². The van der Waals surface area contributed by atoms with Gasteiger partial charge in [-0.25, -0.2) is 0 Å². The first-order valence-corrected chi connectivity index (χ1v) is 13.5. The minimum Gasteiger partial charge on any atom is -0.504 e. The molecule has 17 nitrogen and oxygen atoms in total. The van der Waals surface area contributed by atoms with Crippen molar-refractivity contribution in [2.45, 2.75) is 61.4 Å². The third-order valence-electron chi connectivity index (χ3n) is 7.60. The van der Waals surface area contributed by atoms with E-state index >= 15 is 0 Å². The molecule has 2 fully saturated rings. The van der Waals surface area contributed by atoms with Crippen molar-refractivity contribution in [2.24, 2.45) is 0 Å². The van der Waals surface area contributed by atoms with Crippen molar-refractivity contribution in [1.82, 2.24) is 0 Å². The van der Waals surface area contributed by atoms with Gasteiger partial charge in [-0.2, -0.15) is 0 Å². The highest BCUT2D eigenvalue weighted by molar-refractivity contribution is 5.89. The molecule has 2 aliphatic rings. The lowest BCUT2D eigenvalue weighted by Crippen LogP contribution is -2.65. The third kappa shape index (κ3) is 5.98. The van der Waals surface area contributed by atoms with Gasteiger partial charge in [-0.1, -0.05) is 0 Å². The Hall–Kier alpha value is -3.75. The van der Waals surface area contributed by atoms with E-state index < -0.39 is 103 Å². The van der Waals surface area contributed by atoms with Gasteiger partial charge < -0.3 is 79.2 Å². The molecule has 10 atom stereocenters. The van der Waals surface area contributed by atoms with Crippen LogP contribution >= 0.6 is 0 Å². The zero-order chi connectivity index (χ0) is 32.7. The second kappa shape index (κ2) is 12.9. The SMILES string of the molecule is COc1ccc(-c2cc(=O)c3c(O)c(O)c(OC4OC(CO)C(O)C(O)C4OC4OC(CO)C(O)C(O)C4O)cc3o2)cc1O. The van der Waals surface area contributed by atoms with Gasteiger partial charge in [0.25, 0.3) is 0 Å². The van der Waals surface area contributed by atoms with Crippen molar-refractivity contribution in [3.05, 3.63) is 40.6 Å². The highest BCUT2D eigenvalue weighted by atomic mass is 16.8. The molecule has 246 valence electrons. The smallest absolute Gasteiger partial charge is 0.229 e. The first kappa shape index (κ1) is 32.6. The highest BCUT2D eigenvalue weighted by Crippen LogP contribution is 2.43. The molecule has 10 unspecified atom stereocenters. The summed E-state index contributed by atoms with van der Waals surface area (Å²) in [5.41, 5.74) is -0.842. The quantitative estimate of drug-likeness (QED) is 0.115. The largest absolute Gasteiger partial charge is 0.504 e. The van der Waals surface area contributed by atoms with Crippen molar-refractivity contribution in [3.8, 4) is 40.1 Å². The van der Waals surface area contributed by atoms with E-state index in [1.807, 2.05) is 0 Å². The summed E-state index contributed by atoms with van der Waals surface area (Å²) < 4.78 is 32.9. The summed E-state index contributed by atoms with van der Waals surface area (Å²) in [6, 6.07) is 6.18. The van der Waals surface area contributed by atoms with E-state index in [4.69, 9.17) is 28.1 Å². The zero-order valence-electron chi connectivity index (χ0n) is 23.4. The van der Waals surface area contributed by atoms with Crippen LogP contribution in [-0.2, 0) is 14.2 Å². The van der Waals surface area contributed by atoms with Gasteiger partial charge in [0, 0.05) is 17.7 Å². The summed E-state index contributed by atoms with van der Waals surface area (Å²) in [6.45, 7) is -1.62. The number of hydrogen-bond acceptors (Lipinski definition) is 17. The predicted molar refractivity (Wildman–Crippen MR) is 146 cm³/mol. The van der Waals surface area contributed by atoms with Crippen LogP contribution in [0.1, 0.15) is 0 Å². The Bertz CT molecular complexity index is 1570. The number of aliphatic hydroxyl groups excluding tert-OH is 7. The number of phenolic OH excluding ortho intramolecular Hbond substituents is 3. The molecule has 17 heteroatoms. The van der Waals surface area contributed by atoms with E-state index in [0.717, 1.165) is 12.1 Å². The predicted octanol–water partition coefficient (Wildman–Crippen LogP) is -2.41. The van der Waals surface area contributed by atoms with Crippen LogP contribution < -0.4 is 14.9 Å². The number of hydrogen-bond donors (Lipinski definition) is 10. The van der Waals surface area contributed by atoms with Gasteiger partial charge in [0.1, 0.15) is 59.5 Å². The van der Waals surface area contributed by atoms with Crippen LogP contribution in [0.25, 0.3) is 22.3 Å². The van der Waals surface area contributed by atoms with Crippen molar-refractivity contribution in [3.63, 3.8) is 0 Å². The zero-order valence-corrected chi connectivity index (χ0v) is 23.4. The Morgan fingerprint density at radius 1 is 0.756 bits per heavy atom. The first-order chi connectivity index (χ1) is 21.4. The molecular formula is C28H32O17. The van der Waals surface area contributed by atoms with Crippen LogP contribution in [0.3, 0.4) is 0 Å². The summed E-state index contributed by atoms with van der Waals surface area (Å²) in [5, 5.41) is 102. The molecule has 2 aliphatic heterocycles. The normalized spacial score (nSPS) is 32.0. The molecule has 0 radical (unpaired) electrons. The average Bonchev–Trinajstić information content (AvgIpc) is 3.02. The van der Waals surface area contributed by atoms with Gasteiger partial charge >= 0.3 is 0 Å². The van der Waals surface area contributed by atoms with E-state index in [-0.39, 0.29) is 28.4 Å². The van der Waals surface area contributed by atoms with Crippen molar-refractivity contribution < 1.29 is 79.2 Å². The maximum atomic E-state index is 12.9. The van der Waals surface area contributed by atoms with Crippen molar-refractivity contribution >= 4 is 11.0 Å². The molecule has 5 rings (SSSR count). The maximum Gasteiger partial charge on any atom is 0.229 e. The van der Waals surface area contributed by atoms with Crippen molar-refractivity contribution in [1.29, 1.82) is 0 Å². The standard InChI is InChI=1S/C28H32O17/c1-40-12-3-2-9(4-10(12)31)13-5-11(32)18-14(41-13)6-15(19(33)22(18)36)42-28-26(24(38)21(35)17(8-30)44-28)45-27-25(39)23(37)20(34)16(7-29)43-27/h2-6,16-17,20-21,23-31,33-39H,7-8H2,1H3. The van der Waals surface area contributed by atoms with Crippen LogP contribution in [-0.4, -0.2) is 133 Å². The van der Waals surface area contributed by atoms with Crippen LogP contribution in [0.15, 0.2) is 39.5 Å². The Balaban J connectivity index is 1.52. The monoisotopic (exact) mass is 640 g/mol. The molecule has 3 heterocycles. The fourth-order valence-electron chi connectivity index (χ4n) is 5.10. The summed E-state index contributed by atoms with van der Waals surface area (Å²) in [7, 11) is 1.35. The van der Waals surface area contributed by atoms with Gasteiger partial charge in [0.2, 0.25) is 12.0 Å². The number of rotatable bonds is 8. The second-order valence-electron chi connectivity index (χ2n) is 10.4. The minimum absolute atomic E-state index is 0.0573. The first-order valence-electron chi connectivity index (χ1n) is 13.5. The number of aromatic hydroxyl groups is 3. The van der Waals surface area contributed by atoms with Gasteiger partial charge in [-0.3, -0.25) is 4.79 Å². The number of ether oxygens (including phenoxy) is 5. The Morgan fingerprint density at radius 2 is 1.40 bits per heavy atom. The van der Waals surface area contributed by atoms with Crippen LogP contribution in [0, 0.1) is 0 Å². The molecule has 2 saturated heterocycles. The lowest BCUT2D eigenvalue weighted by atomic mass is 9.97. The molecule has 1 aromatic heterocycles. The van der Waals surface area contributed by atoms with Gasteiger partial charge in [-0.15, -0.1) is 0 Å². The molecule has 3 aromatic rings. The fourth-order valence-corrected chi connectivity index (χ4v) is 5.10. The molecular weight excluding hydrogens is 608 g/mol. The summed E-state index contributed by atoms with van der Waals surface area (Å²) in [4.78, 5) is 12.9. The Kier molecular flexibility index (Phi) is 9.38. The van der Waals surface area contributed by atoms with E-state index in [2.05, 4.69) is 0 Å². The van der Waals surface area contributed by atoms with E-state index in [0.29, 0.717) is 0 Å². The van der Waals surface area contributed by atoms with E-state index in [1.165, 1.54) is 25.3 Å². The number of fused-ring (bicyclic) bond motifs is 1. The molecule has 0 spiro atoms. The molecule has 2 aromatic carbocycles. The molecule has 10 N–H and O–H groups in total. The van der Waals surface area contributed by atoms with E-state index in [9.17, 15) is 55.9 Å². The molecule has 0 bridgehead atoms. The van der Waals surface area contributed by atoms with Crippen LogP contribution in [0.5, 0.6) is 28.7 Å². The highest BCUT2D eigenvalue weighted by Gasteiger charge is 2.51. The summed E-state index contributed by atoms with van der Waals surface area (Å²) in [6.07, 6.45) is -17.6. The lowest BCUT2D eigenvalue weighted by molar-refractivity contribution is -0.358. The summed E-state index contributed by atoms with van der Waals surface area (Å²) >= 11 is 0.